The van der Waals surface area contributed by atoms with Gasteiger partial charge in [0, 0.05) is 13.6 Å². The summed E-state index contributed by atoms with van der Waals surface area (Å²) in [5.74, 6) is 0.805. The lowest BCUT2D eigenvalue weighted by Gasteiger charge is -2.16. The van der Waals surface area contributed by atoms with Crippen LogP contribution in [-0.2, 0) is 26.3 Å². The average Bonchev–Trinajstić information content (AvgIpc) is 2.74. The van der Waals surface area contributed by atoms with Crippen LogP contribution in [0.2, 0.25) is 0 Å². The van der Waals surface area contributed by atoms with Crippen molar-refractivity contribution in [2.45, 2.75) is 19.3 Å². The second kappa shape index (κ2) is 5.62. The first-order valence-electron chi connectivity index (χ1n) is 6.04. The summed E-state index contributed by atoms with van der Waals surface area (Å²) in [4.78, 5) is 1.96. The number of alkyl halides is 3. The zero-order valence-electron chi connectivity index (χ0n) is 11.2. The largest absolute Gasteiger partial charge is 0.416 e. The molecule has 2 rings (SSSR count). The van der Waals surface area contributed by atoms with Crippen molar-refractivity contribution in [3.8, 4) is 0 Å². The molecule has 0 unspecified atom stereocenters. The molecule has 0 fully saturated rings. The summed E-state index contributed by atoms with van der Waals surface area (Å²) in [6, 6.07) is 5.20. The summed E-state index contributed by atoms with van der Waals surface area (Å²) in [7, 11) is 3.73. The van der Waals surface area contributed by atoms with Crippen molar-refractivity contribution in [2.75, 3.05) is 7.05 Å². The van der Waals surface area contributed by atoms with E-state index < -0.39 is 11.7 Å². The van der Waals surface area contributed by atoms with Gasteiger partial charge in [0.25, 0.3) is 0 Å². The lowest BCUT2D eigenvalue weighted by molar-refractivity contribution is -0.137. The Bertz CT molecular complexity index is 560. The number of aryl methyl sites for hydroxylation is 1. The van der Waals surface area contributed by atoms with Crippen molar-refractivity contribution < 1.29 is 13.2 Å². The van der Waals surface area contributed by atoms with E-state index in [0.29, 0.717) is 13.1 Å². The molecule has 0 amide bonds. The predicted molar refractivity (Wildman–Crippen MR) is 67.6 cm³/mol. The summed E-state index contributed by atoms with van der Waals surface area (Å²) in [6.45, 7) is 1.13. The van der Waals surface area contributed by atoms with E-state index in [9.17, 15) is 13.2 Å². The fourth-order valence-electron chi connectivity index (χ4n) is 1.86. The lowest BCUT2D eigenvalue weighted by atomic mass is 10.1. The maximum Gasteiger partial charge on any atom is 0.416 e. The van der Waals surface area contributed by atoms with Gasteiger partial charge in [-0.15, -0.1) is 10.2 Å². The molecule has 1 aromatic heterocycles. The fourth-order valence-corrected chi connectivity index (χ4v) is 1.86. The Labute approximate surface area is 114 Å². The zero-order valence-corrected chi connectivity index (χ0v) is 11.2. The van der Waals surface area contributed by atoms with E-state index in [0.717, 1.165) is 23.5 Å². The maximum absolute atomic E-state index is 12.5. The molecular formula is C13H15F3N4. The molecule has 0 spiro atoms. The van der Waals surface area contributed by atoms with Gasteiger partial charge in [-0.3, -0.25) is 4.90 Å². The second-order valence-electron chi connectivity index (χ2n) is 4.73. The van der Waals surface area contributed by atoms with Crippen LogP contribution in [-0.4, -0.2) is 26.7 Å². The second-order valence-corrected chi connectivity index (χ2v) is 4.73. The van der Waals surface area contributed by atoms with Crippen LogP contribution in [0.3, 0.4) is 0 Å². The Morgan fingerprint density at radius 1 is 1.15 bits per heavy atom. The first-order chi connectivity index (χ1) is 9.36. The molecule has 1 heterocycles. The Hall–Kier alpha value is -1.89. The molecule has 0 bridgehead atoms. The first-order valence-corrected chi connectivity index (χ1v) is 6.04. The van der Waals surface area contributed by atoms with Gasteiger partial charge in [0.05, 0.1) is 12.1 Å². The number of nitrogens with zero attached hydrogens (tertiary/aromatic N) is 4. The van der Waals surface area contributed by atoms with E-state index in [4.69, 9.17) is 0 Å². The Kier molecular flexibility index (Phi) is 4.08. The van der Waals surface area contributed by atoms with Gasteiger partial charge < -0.3 is 4.57 Å². The van der Waals surface area contributed by atoms with E-state index in [-0.39, 0.29) is 0 Å². The first kappa shape index (κ1) is 14.5. The molecule has 0 radical (unpaired) electrons. The van der Waals surface area contributed by atoms with Crippen molar-refractivity contribution in [3.63, 3.8) is 0 Å². The Morgan fingerprint density at radius 3 is 2.30 bits per heavy atom. The van der Waals surface area contributed by atoms with Crippen LogP contribution >= 0.6 is 0 Å². The molecule has 7 heteroatoms. The molecule has 108 valence electrons. The highest BCUT2D eigenvalue weighted by Gasteiger charge is 2.29. The minimum atomic E-state index is -4.29. The van der Waals surface area contributed by atoms with Crippen LogP contribution in [0.5, 0.6) is 0 Å². The third-order valence-electron chi connectivity index (χ3n) is 2.95. The quantitative estimate of drug-likeness (QED) is 0.865. The molecule has 0 saturated carbocycles. The summed E-state index contributed by atoms with van der Waals surface area (Å²) >= 11 is 0. The molecular weight excluding hydrogens is 269 g/mol. The third-order valence-corrected chi connectivity index (χ3v) is 2.95. The Balaban J connectivity index is 1.98. The number of halogens is 3. The minimum Gasteiger partial charge on any atom is -0.320 e. The van der Waals surface area contributed by atoms with Crippen molar-refractivity contribution in [3.05, 3.63) is 47.5 Å². The van der Waals surface area contributed by atoms with E-state index in [1.54, 1.807) is 6.33 Å². The maximum atomic E-state index is 12.5. The summed E-state index contributed by atoms with van der Waals surface area (Å²) in [5.41, 5.74) is 0.194. The van der Waals surface area contributed by atoms with Crippen LogP contribution < -0.4 is 0 Å². The number of hydrogen-bond acceptors (Lipinski definition) is 3. The number of hydrogen-bond donors (Lipinski definition) is 0. The molecule has 1 aromatic carbocycles. The highest BCUT2D eigenvalue weighted by atomic mass is 19.4. The van der Waals surface area contributed by atoms with Gasteiger partial charge in [0.15, 0.2) is 0 Å². The van der Waals surface area contributed by atoms with Crippen molar-refractivity contribution in [1.82, 2.24) is 19.7 Å². The van der Waals surface area contributed by atoms with Gasteiger partial charge in [-0.1, -0.05) is 12.1 Å². The molecule has 0 aliphatic rings. The minimum absolute atomic E-state index is 0.547. The van der Waals surface area contributed by atoms with Crippen LogP contribution in [0.1, 0.15) is 17.0 Å². The molecule has 0 atom stereocenters. The predicted octanol–water partition coefficient (Wildman–Crippen LogP) is 2.47. The van der Waals surface area contributed by atoms with Gasteiger partial charge in [0.1, 0.15) is 12.2 Å². The normalized spacial score (nSPS) is 12.1. The molecule has 20 heavy (non-hydrogen) atoms. The van der Waals surface area contributed by atoms with Gasteiger partial charge in [-0.05, 0) is 24.7 Å². The highest BCUT2D eigenvalue weighted by molar-refractivity contribution is 5.24. The van der Waals surface area contributed by atoms with Gasteiger partial charge >= 0.3 is 6.18 Å². The standard InChI is InChI=1S/C13H15F3N4/c1-19(8-12-18-17-9-20(12)2)7-10-3-5-11(6-4-10)13(14,15)16/h3-6,9H,7-8H2,1-2H3. The van der Waals surface area contributed by atoms with Crippen molar-refractivity contribution in [2.24, 2.45) is 7.05 Å². The molecule has 0 saturated heterocycles. The van der Waals surface area contributed by atoms with Gasteiger partial charge in [-0.2, -0.15) is 13.2 Å². The molecule has 2 aromatic rings. The molecule has 4 nitrogen and oxygen atoms in total. The number of aromatic nitrogens is 3. The van der Waals surface area contributed by atoms with Crippen LogP contribution in [0.4, 0.5) is 13.2 Å². The topological polar surface area (TPSA) is 34.0 Å². The smallest absolute Gasteiger partial charge is 0.320 e. The zero-order chi connectivity index (χ0) is 14.8. The highest BCUT2D eigenvalue weighted by Crippen LogP contribution is 2.29. The SMILES string of the molecule is CN(Cc1ccc(C(F)(F)F)cc1)Cc1nncn1C. The fraction of sp³-hybridized carbons (Fsp3) is 0.385. The molecule has 0 N–H and O–H groups in total. The lowest BCUT2D eigenvalue weighted by Crippen LogP contribution is -2.19. The van der Waals surface area contributed by atoms with Crippen molar-refractivity contribution in [1.29, 1.82) is 0 Å². The third kappa shape index (κ3) is 3.57. The van der Waals surface area contributed by atoms with E-state index in [1.165, 1.54) is 12.1 Å². The number of benzene rings is 1. The summed E-state index contributed by atoms with van der Waals surface area (Å²) in [6.07, 6.45) is -2.68. The number of rotatable bonds is 4. The van der Waals surface area contributed by atoms with E-state index in [2.05, 4.69) is 10.2 Å². The van der Waals surface area contributed by atoms with Crippen LogP contribution in [0, 0.1) is 0 Å². The molecule has 0 aliphatic heterocycles. The van der Waals surface area contributed by atoms with Gasteiger partial charge in [0.2, 0.25) is 0 Å². The van der Waals surface area contributed by atoms with E-state index in [1.807, 2.05) is 23.6 Å². The summed E-state index contributed by atoms with van der Waals surface area (Å²) < 4.78 is 39.2. The van der Waals surface area contributed by atoms with E-state index >= 15 is 0 Å². The summed E-state index contributed by atoms with van der Waals surface area (Å²) in [5, 5.41) is 7.75. The van der Waals surface area contributed by atoms with Crippen LogP contribution in [0.15, 0.2) is 30.6 Å². The average molecular weight is 284 g/mol. The van der Waals surface area contributed by atoms with Crippen molar-refractivity contribution >= 4 is 0 Å². The molecule has 0 aliphatic carbocycles. The van der Waals surface area contributed by atoms with Gasteiger partial charge in [-0.25, -0.2) is 0 Å². The Morgan fingerprint density at radius 2 is 1.80 bits per heavy atom. The van der Waals surface area contributed by atoms with Crippen LogP contribution in [0.25, 0.3) is 0 Å². The monoisotopic (exact) mass is 284 g/mol.